The number of benzene rings is 1. The fourth-order valence-electron chi connectivity index (χ4n) is 3.33. The van der Waals surface area contributed by atoms with Gasteiger partial charge in [-0.3, -0.25) is 4.79 Å². The van der Waals surface area contributed by atoms with Crippen LogP contribution < -0.4 is 10.1 Å². The van der Waals surface area contributed by atoms with Gasteiger partial charge in [-0.05, 0) is 54.5 Å². The maximum absolute atomic E-state index is 11.5. The molecule has 0 spiro atoms. The molecule has 1 aromatic heterocycles. The zero-order chi connectivity index (χ0) is 15.1. The third-order valence-corrected chi connectivity index (χ3v) is 4.60. The Morgan fingerprint density at radius 3 is 3.05 bits per heavy atom. The molecule has 1 aliphatic heterocycles. The van der Waals surface area contributed by atoms with Crippen molar-refractivity contribution in [3.63, 3.8) is 0 Å². The summed E-state index contributed by atoms with van der Waals surface area (Å²) in [5.74, 6) is 2.89. The molecule has 1 unspecified atom stereocenters. The molecule has 0 saturated heterocycles. The normalized spacial score (nSPS) is 19.3. The second-order valence-electron chi connectivity index (χ2n) is 6.09. The van der Waals surface area contributed by atoms with Gasteiger partial charge in [0.15, 0.2) is 0 Å². The number of aryl methyl sites for hydroxylation is 1. The largest absolute Gasteiger partial charge is 0.457 e. The number of anilines is 1. The highest BCUT2D eigenvalue weighted by molar-refractivity contribution is 5.93. The number of hydrogen-bond acceptors (Lipinski definition) is 3. The van der Waals surface area contributed by atoms with E-state index in [0.717, 1.165) is 23.5 Å². The van der Waals surface area contributed by atoms with Gasteiger partial charge in [-0.1, -0.05) is 13.0 Å². The van der Waals surface area contributed by atoms with E-state index in [1.807, 2.05) is 12.1 Å². The standard InChI is InChI=1S/C18H18N2O2/c1-11-2-3-12-4-5-13(10-15(11)12)22-16-8-9-19-18-14(16)6-7-17(21)20-18/h4-5,8-11H,2-3,6-7H2,1H3,(H,19,20,21). The van der Waals surface area contributed by atoms with Gasteiger partial charge in [-0.25, -0.2) is 4.98 Å². The van der Waals surface area contributed by atoms with E-state index in [2.05, 4.69) is 29.4 Å². The summed E-state index contributed by atoms with van der Waals surface area (Å²) in [5.41, 5.74) is 3.81. The number of carbonyl (C=O) groups is 1. The Bertz CT molecular complexity index is 755. The molecule has 2 aromatic rings. The van der Waals surface area contributed by atoms with Crippen LogP contribution >= 0.6 is 0 Å². The average Bonchev–Trinajstić information content (AvgIpc) is 2.88. The van der Waals surface area contributed by atoms with E-state index in [1.165, 1.54) is 17.5 Å². The molecular weight excluding hydrogens is 276 g/mol. The van der Waals surface area contributed by atoms with E-state index in [4.69, 9.17) is 4.74 Å². The molecular formula is C18H18N2O2. The van der Waals surface area contributed by atoms with Crippen LogP contribution in [0.15, 0.2) is 30.5 Å². The number of ether oxygens (including phenoxy) is 1. The number of amides is 1. The molecule has 22 heavy (non-hydrogen) atoms. The Hall–Kier alpha value is -2.36. The van der Waals surface area contributed by atoms with Crippen LogP contribution in [0.5, 0.6) is 11.5 Å². The van der Waals surface area contributed by atoms with Crippen LogP contribution in [0.1, 0.15) is 42.4 Å². The van der Waals surface area contributed by atoms with Gasteiger partial charge in [0, 0.05) is 18.2 Å². The van der Waals surface area contributed by atoms with E-state index in [1.54, 1.807) is 6.20 Å². The fourth-order valence-corrected chi connectivity index (χ4v) is 3.33. The molecule has 0 bridgehead atoms. The Kier molecular flexibility index (Phi) is 3.10. The summed E-state index contributed by atoms with van der Waals surface area (Å²) in [5, 5.41) is 2.80. The molecule has 2 aliphatic rings. The number of nitrogens with zero attached hydrogens (tertiary/aromatic N) is 1. The van der Waals surface area contributed by atoms with E-state index >= 15 is 0 Å². The van der Waals surface area contributed by atoms with Crippen LogP contribution in [0, 0.1) is 0 Å². The van der Waals surface area contributed by atoms with Gasteiger partial charge >= 0.3 is 0 Å². The monoisotopic (exact) mass is 294 g/mol. The molecule has 1 amide bonds. The summed E-state index contributed by atoms with van der Waals surface area (Å²) >= 11 is 0. The molecule has 112 valence electrons. The topological polar surface area (TPSA) is 51.2 Å². The molecule has 1 aliphatic carbocycles. The van der Waals surface area contributed by atoms with Crippen molar-refractivity contribution in [2.24, 2.45) is 0 Å². The van der Waals surface area contributed by atoms with Gasteiger partial charge in [0.25, 0.3) is 0 Å². The summed E-state index contributed by atoms with van der Waals surface area (Å²) in [6.45, 7) is 2.26. The summed E-state index contributed by atoms with van der Waals surface area (Å²) in [6.07, 6.45) is 5.21. The molecule has 4 rings (SSSR count). The summed E-state index contributed by atoms with van der Waals surface area (Å²) < 4.78 is 6.09. The minimum Gasteiger partial charge on any atom is -0.457 e. The number of pyridine rings is 1. The third-order valence-electron chi connectivity index (χ3n) is 4.60. The third kappa shape index (κ3) is 2.25. The maximum Gasteiger partial charge on any atom is 0.225 e. The second-order valence-corrected chi connectivity index (χ2v) is 6.09. The van der Waals surface area contributed by atoms with Crippen LogP contribution in [0.25, 0.3) is 0 Å². The Balaban J connectivity index is 1.66. The quantitative estimate of drug-likeness (QED) is 0.916. The first-order chi connectivity index (χ1) is 10.7. The van der Waals surface area contributed by atoms with Gasteiger partial charge in [0.2, 0.25) is 5.91 Å². The van der Waals surface area contributed by atoms with Crippen LogP contribution in [0.3, 0.4) is 0 Å². The van der Waals surface area contributed by atoms with E-state index < -0.39 is 0 Å². The lowest BCUT2D eigenvalue weighted by atomic mass is 10.0. The zero-order valence-corrected chi connectivity index (χ0v) is 12.6. The van der Waals surface area contributed by atoms with Crippen molar-refractivity contribution in [3.8, 4) is 11.5 Å². The van der Waals surface area contributed by atoms with E-state index in [9.17, 15) is 4.79 Å². The summed E-state index contributed by atoms with van der Waals surface area (Å²) in [4.78, 5) is 15.7. The van der Waals surface area contributed by atoms with Gasteiger partial charge < -0.3 is 10.1 Å². The minimum absolute atomic E-state index is 0.0171. The predicted octanol–water partition coefficient (Wildman–Crippen LogP) is 3.81. The SMILES string of the molecule is CC1CCc2ccc(Oc3ccnc4c3CCC(=O)N4)cc21. The molecule has 0 radical (unpaired) electrons. The fraction of sp³-hybridized carbons (Fsp3) is 0.333. The molecule has 2 heterocycles. The number of hydrogen-bond donors (Lipinski definition) is 1. The Morgan fingerprint density at radius 1 is 1.23 bits per heavy atom. The molecule has 1 N–H and O–H groups in total. The minimum atomic E-state index is 0.0171. The lowest BCUT2D eigenvalue weighted by Gasteiger charge is -2.19. The number of aromatic nitrogens is 1. The van der Waals surface area contributed by atoms with E-state index in [-0.39, 0.29) is 5.91 Å². The predicted molar refractivity (Wildman–Crippen MR) is 84.4 cm³/mol. The van der Waals surface area contributed by atoms with Gasteiger partial charge in [-0.15, -0.1) is 0 Å². The molecule has 0 saturated carbocycles. The lowest BCUT2D eigenvalue weighted by Crippen LogP contribution is -2.20. The van der Waals surface area contributed by atoms with Crippen molar-refractivity contribution in [1.82, 2.24) is 4.98 Å². The van der Waals surface area contributed by atoms with Gasteiger partial charge in [-0.2, -0.15) is 0 Å². The maximum atomic E-state index is 11.5. The van der Waals surface area contributed by atoms with E-state index in [0.29, 0.717) is 24.6 Å². The van der Waals surface area contributed by atoms with Crippen molar-refractivity contribution in [1.29, 1.82) is 0 Å². The number of carbonyl (C=O) groups excluding carboxylic acids is 1. The van der Waals surface area contributed by atoms with Crippen molar-refractivity contribution in [3.05, 3.63) is 47.2 Å². The first-order valence-electron chi connectivity index (χ1n) is 7.79. The van der Waals surface area contributed by atoms with Gasteiger partial charge in [0.1, 0.15) is 17.3 Å². The van der Waals surface area contributed by atoms with Crippen LogP contribution in [0.4, 0.5) is 5.82 Å². The van der Waals surface area contributed by atoms with Gasteiger partial charge in [0.05, 0.1) is 0 Å². The Morgan fingerprint density at radius 2 is 2.14 bits per heavy atom. The Labute approximate surface area is 129 Å². The highest BCUT2D eigenvalue weighted by atomic mass is 16.5. The number of nitrogens with one attached hydrogen (secondary N) is 1. The highest BCUT2D eigenvalue weighted by Gasteiger charge is 2.22. The van der Waals surface area contributed by atoms with Crippen LogP contribution in [-0.4, -0.2) is 10.9 Å². The first kappa shape index (κ1) is 13.3. The molecule has 1 atom stereocenters. The van der Waals surface area contributed by atoms with Crippen LogP contribution in [-0.2, 0) is 17.6 Å². The van der Waals surface area contributed by atoms with Crippen LogP contribution in [0.2, 0.25) is 0 Å². The lowest BCUT2D eigenvalue weighted by molar-refractivity contribution is -0.116. The molecule has 4 heteroatoms. The number of fused-ring (bicyclic) bond motifs is 2. The van der Waals surface area contributed by atoms with Crippen molar-refractivity contribution in [2.75, 3.05) is 5.32 Å². The molecule has 1 aromatic carbocycles. The smallest absolute Gasteiger partial charge is 0.225 e. The molecule has 0 fully saturated rings. The average molecular weight is 294 g/mol. The van der Waals surface area contributed by atoms with Crippen molar-refractivity contribution >= 4 is 11.7 Å². The zero-order valence-electron chi connectivity index (χ0n) is 12.6. The highest BCUT2D eigenvalue weighted by Crippen LogP contribution is 2.37. The molecule has 4 nitrogen and oxygen atoms in total. The summed E-state index contributed by atoms with van der Waals surface area (Å²) in [6, 6.07) is 8.23. The first-order valence-corrected chi connectivity index (χ1v) is 7.79. The van der Waals surface area contributed by atoms with Crippen molar-refractivity contribution in [2.45, 2.75) is 38.5 Å². The number of rotatable bonds is 2. The second kappa shape index (κ2) is 5.13. The summed E-state index contributed by atoms with van der Waals surface area (Å²) in [7, 11) is 0. The van der Waals surface area contributed by atoms with Crippen molar-refractivity contribution < 1.29 is 9.53 Å².